The van der Waals surface area contributed by atoms with Crippen LogP contribution in [-0.4, -0.2) is 18.0 Å². The van der Waals surface area contributed by atoms with Crippen LogP contribution in [-0.2, 0) is 16.3 Å². The van der Waals surface area contributed by atoms with Crippen LogP contribution in [0.15, 0.2) is 88.1 Å². The summed E-state index contributed by atoms with van der Waals surface area (Å²) in [6.07, 6.45) is -3.16. The Bertz CT molecular complexity index is 1490. The van der Waals surface area contributed by atoms with Crippen molar-refractivity contribution in [2.45, 2.75) is 11.1 Å². The Morgan fingerprint density at radius 1 is 0.909 bits per heavy atom. The van der Waals surface area contributed by atoms with Gasteiger partial charge in [0.25, 0.3) is 10.1 Å². The van der Waals surface area contributed by atoms with Gasteiger partial charge in [-0.3, -0.25) is 9.54 Å². The second-order valence-electron chi connectivity index (χ2n) is 7.01. The molecule has 1 aromatic heterocycles. The Labute approximate surface area is 186 Å². The van der Waals surface area contributed by atoms with Gasteiger partial charge >= 0.3 is 6.18 Å². The molecule has 0 aliphatic rings. The number of halogens is 3. The fraction of sp³-hybridized carbons (Fsp3) is 0.0455. The number of alkyl halides is 3. The van der Waals surface area contributed by atoms with Gasteiger partial charge in [0.05, 0.1) is 23.1 Å². The van der Waals surface area contributed by atoms with Crippen molar-refractivity contribution in [1.29, 1.82) is 0 Å². The monoisotopic (exact) mass is 472 g/mol. The molecule has 3 N–H and O–H groups in total. The Hall–Kier alpha value is -3.83. The van der Waals surface area contributed by atoms with Gasteiger partial charge in [0.15, 0.2) is 0 Å². The molecule has 0 fully saturated rings. The number of fused-ring (bicyclic) bond motifs is 1. The molecule has 3 aromatic carbocycles. The first-order chi connectivity index (χ1) is 15.5. The van der Waals surface area contributed by atoms with Crippen molar-refractivity contribution in [1.82, 2.24) is 4.98 Å². The van der Waals surface area contributed by atoms with E-state index in [1.807, 2.05) is 0 Å². The van der Waals surface area contributed by atoms with Crippen LogP contribution in [0.2, 0.25) is 0 Å². The van der Waals surface area contributed by atoms with Gasteiger partial charge in [-0.15, -0.1) is 10.2 Å². The van der Waals surface area contributed by atoms with E-state index >= 15 is 0 Å². The zero-order valence-corrected chi connectivity index (χ0v) is 17.5. The lowest BCUT2D eigenvalue weighted by Crippen LogP contribution is -2.04. The minimum absolute atomic E-state index is 0.0169. The number of aromatic nitrogens is 1. The minimum Gasteiger partial charge on any atom is -0.396 e. The van der Waals surface area contributed by atoms with Crippen LogP contribution in [0.3, 0.4) is 0 Å². The normalized spacial score (nSPS) is 12.5. The summed E-state index contributed by atoms with van der Waals surface area (Å²) in [4.78, 5) is 3.76. The molecule has 0 radical (unpaired) electrons. The van der Waals surface area contributed by atoms with Crippen molar-refractivity contribution in [3.8, 4) is 11.3 Å². The number of benzene rings is 3. The Morgan fingerprint density at radius 2 is 1.64 bits per heavy atom. The van der Waals surface area contributed by atoms with E-state index in [9.17, 15) is 26.1 Å². The smallest absolute Gasteiger partial charge is 0.396 e. The molecule has 4 rings (SSSR count). The van der Waals surface area contributed by atoms with Gasteiger partial charge < -0.3 is 5.73 Å². The topological polar surface area (TPSA) is 118 Å². The van der Waals surface area contributed by atoms with E-state index in [4.69, 9.17) is 5.73 Å². The molecule has 0 aliphatic heterocycles. The molecule has 0 saturated heterocycles. The zero-order valence-electron chi connectivity index (χ0n) is 16.7. The highest BCUT2D eigenvalue weighted by Crippen LogP contribution is 2.37. The predicted molar refractivity (Wildman–Crippen MR) is 117 cm³/mol. The summed E-state index contributed by atoms with van der Waals surface area (Å²) in [6, 6.07) is 15.2. The van der Waals surface area contributed by atoms with Crippen molar-refractivity contribution in [2.24, 2.45) is 10.2 Å². The number of hydrogen-bond donors (Lipinski definition) is 2. The number of hydrogen-bond acceptors (Lipinski definition) is 6. The van der Waals surface area contributed by atoms with Crippen LogP contribution in [0, 0.1) is 0 Å². The molecule has 4 aromatic rings. The maximum atomic E-state index is 12.9. The molecular weight excluding hydrogens is 457 g/mol. The van der Waals surface area contributed by atoms with Crippen molar-refractivity contribution < 1.29 is 26.1 Å². The molecule has 0 aliphatic carbocycles. The fourth-order valence-electron chi connectivity index (χ4n) is 3.23. The van der Waals surface area contributed by atoms with Crippen molar-refractivity contribution in [3.05, 3.63) is 78.5 Å². The highest BCUT2D eigenvalue weighted by Gasteiger charge is 2.30. The number of nitrogen functional groups attached to an aromatic ring is 1. The third kappa shape index (κ3) is 4.69. The molecule has 0 atom stereocenters. The lowest BCUT2D eigenvalue weighted by Gasteiger charge is -2.09. The van der Waals surface area contributed by atoms with Gasteiger partial charge in [-0.2, -0.15) is 21.6 Å². The standard InChI is InChI=1S/C22H15F3N4O3S/c23-22(24,25)14-5-3-4-13(10-14)18-9-8-15(12-27-18)28-29-19-11-20(33(30,31)32)16-6-1-2-7-17(16)21(19)26/h1-12H,26H2,(H,30,31,32)/b29-28+. The predicted octanol–water partition coefficient (Wildman–Crippen LogP) is 6.16. The number of azo groups is 1. The van der Waals surface area contributed by atoms with Crippen LogP contribution in [0.1, 0.15) is 5.56 Å². The molecule has 0 amide bonds. The number of pyridine rings is 1. The highest BCUT2D eigenvalue weighted by atomic mass is 32.2. The maximum Gasteiger partial charge on any atom is 0.416 e. The second-order valence-corrected chi connectivity index (χ2v) is 8.40. The van der Waals surface area contributed by atoms with E-state index in [1.165, 1.54) is 36.5 Å². The zero-order chi connectivity index (χ0) is 23.8. The van der Waals surface area contributed by atoms with E-state index in [-0.39, 0.29) is 32.9 Å². The average Bonchev–Trinajstić information content (AvgIpc) is 2.78. The van der Waals surface area contributed by atoms with Crippen molar-refractivity contribution in [3.63, 3.8) is 0 Å². The SMILES string of the molecule is Nc1c(/N=N/c2ccc(-c3cccc(C(F)(F)F)c3)nc2)cc(S(=O)(=O)O)c2ccccc12. The van der Waals surface area contributed by atoms with Gasteiger partial charge in [0.2, 0.25) is 0 Å². The molecule has 0 bridgehead atoms. The van der Waals surface area contributed by atoms with Crippen LogP contribution in [0.4, 0.5) is 30.2 Å². The lowest BCUT2D eigenvalue weighted by atomic mass is 10.1. The van der Waals surface area contributed by atoms with E-state index < -0.39 is 21.9 Å². The molecule has 1 heterocycles. The molecule has 0 spiro atoms. The van der Waals surface area contributed by atoms with E-state index in [2.05, 4.69) is 15.2 Å². The van der Waals surface area contributed by atoms with E-state index in [0.29, 0.717) is 11.1 Å². The van der Waals surface area contributed by atoms with Gasteiger partial charge in [0.1, 0.15) is 16.3 Å². The quantitative estimate of drug-likeness (QED) is 0.209. The third-order valence-electron chi connectivity index (χ3n) is 4.81. The number of nitrogens with zero attached hydrogens (tertiary/aromatic N) is 3. The summed E-state index contributed by atoms with van der Waals surface area (Å²) >= 11 is 0. The second kappa shape index (κ2) is 8.26. The van der Waals surface area contributed by atoms with Crippen LogP contribution in [0.25, 0.3) is 22.0 Å². The fourth-order valence-corrected chi connectivity index (χ4v) is 3.95. The summed E-state index contributed by atoms with van der Waals surface area (Å²) in [5.41, 5.74) is 6.34. The minimum atomic E-state index is -4.55. The van der Waals surface area contributed by atoms with Crippen LogP contribution < -0.4 is 5.73 Å². The van der Waals surface area contributed by atoms with Gasteiger partial charge in [-0.1, -0.05) is 36.4 Å². The van der Waals surface area contributed by atoms with Crippen LogP contribution >= 0.6 is 0 Å². The largest absolute Gasteiger partial charge is 0.416 e. The lowest BCUT2D eigenvalue weighted by molar-refractivity contribution is -0.137. The van der Waals surface area contributed by atoms with Crippen molar-refractivity contribution in [2.75, 3.05) is 5.73 Å². The summed E-state index contributed by atoms with van der Waals surface area (Å²) < 4.78 is 72.0. The highest BCUT2D eigenvalue weighted by molar-refractivity contribution is 7.86. The average molecular weight is 472 g/mol. The molecular formula is C22H15F3N4O3S. The first kappa shape index (κ1) is 22.4. The Balaban J connectivity index is 1.68. The Kier molecular flexibility index (Phi) is 5.60. The number of anilines is 1. The van der Waals surface area contributed by atoms with Crippen molar-refractivity contribution >= 4 is 38.0 Å². The maximum absolute atomic E-state index is 12.9. The van der Waals surface area contributed by atoms with Gasteiger partial charge in [-0.05, 0) is 30.3 Å². The molecule has 0 unspecified atom stereocenters. The third-order valence-corrected chi connectivity index (χ3v) is 5.70. The number of rotatable bonds is 4. The van der Waals surface area contributed by atoms with Gasteiger partial charge in [0, 0.05) is 16.3 Å². The molecule has 7 nitrogen and oxygen atoms in total. The summed E-state index contributed by atoms with van der Waals surface area (Å²) in [7, 11) is -4.55. The number of nitrogens with two attached hydrogens (primary N) is 1. The first-order valence-corrected chi connectivity index (χ1v) is 10.8. The summed E-state index contributed by atoms with van der Waals surface area (Å²) in [5.74, 6) is 0. The molecule has 0 saturated carbocycles. The Morgan fingerprint density at radius 3 is 2.27 bits per heavy atom. The molecule has 33 heavy (non-hydrogen) atoms. The van der Waals surface area contributed by atoms with E-state index in [1.54, 1.807) is 18.2 Å². The summed E-state index contributed by atoms with van der Waals surface area (Å²) in [5, 5.41) is 8.58. The summed E-state index contributed by atoms with van der Waals surface area (Å²) in [6.45, 7) is 0. The molecule has 168 valence electrons. The molecule has 11 heteroatoms. The first-order valence-electron chi connectivity index (χ1n) is 9.38. The van der Waals surface area contributed by atoms with Crippen LogP contribution in [0.5, 0.6) is 0 Å². The van der Waals surface area contributed by atoms with E-state index in [0.717, 1.165) is 18.2 Å². The van der Waals surface area contributed by atoms with Gasteiger partial charge in [-0.25, -0.2) is 0 Å².